The number of carbonyl (C=O) groups is 1. The van der Waals surface area contributed by atoms with Crippen LogP contribution in [-0.2, 0) is 10.2 Å². The van der Waals surface area contributed by atoms with Gasteiger partial charge in [0.15, 0.2) is 0 Å². The molecule has 1 amide bonds. The van der Waals surface area contributed by atoms with E-state index in [4.69, 9.17) is 10.1 Å². The molecule has 0 unspecified atom stereocenters. The summed E-state index contributed by atoms with van der Waals surface area (Å²) in [7, 11) is 1.63. The van der Waals surface area contributed by atoms with Gasteiger partial charge < -0.3 is 9.64 Å². The van der Waals surface area contributed by atoms with Gasteiger partial charge in [-0.3, -0.25) is 10.2 Å². The highest BCUT2D eigenvalue weighted by Crippen LogP contribution is 2.40. The SMILES string of the molecule is CC(C)Oc1cc(F)cc(-c2cnc([C@@]3(C)CC(=N)N(C)C(=O)C3)s2)c1. The normalized spacial score (nSPS) is 20.8. The molecular formula is C19H22FN3O2S. The van der Waals surface area contributed by atoms with Gasteiger partial charge in [-0.25, -0.2) is 9.37 Å². The minimum atomic E-state index is -0.506. The number of nitrogens with one attached hydrogen (secondary N) is 1. The van der Waals surface area contributed by atoms with Gasteiger partial charge in [0.25, 0.3) is 0 Å². The quantitative estimate of drug-likeness (QED) is 0.870. The van der Waals surface area contributed by atoms with Crippen LogP contribution in [0.15, 0.2) is 24.4 Å². The molecule has 1 saturated heterocycles. The van der Waals surface area contributed by atoms with Gasteiger partial charge in [-0.05, 0) is 31.5 Å². The lowest BCUT2D eigenvalue weighted by Gasteiger charge is -2.36. The molecule has 3 rings (SSSR count). The van der Waals surface area contributed by atoms with Crippen molar-refractivity contribution in [2.75, 3.05) is 7.05 Å². The summed E-state index contributed by atoms with van der Waals surface area (Å²) in [5, 5.41) is 8.82. The van der Waals surface area contributed by atoms with E-state index in [1.54, 1.807) is 19.3 Å². The highest BCUT2D eigenvalue weighted by atomic mass is 32.1. The molecule has 0 saturated carbocycles. The van der Waals surface area contributed by atoms with Gasteiger partial charge in [0.2, 0.25) is 5.91 Å². The topological polar surface area (TPSA) is 66.3 Å². The second kappa shape index (κ2) is 6.79. The molecule has 138 valence electrons. The van der Waals surface area contributed by atoms with Crippen molar-refractivity contribution in [1.82, 2.24) is 9.88 Å². The average molecular weight is 375 g/mol. The number of rotatable bonds is 4. The lowest BCUT2D eigenvalue weighted by atomic mass is 9.80. The number of halogens is 1. The molecule has 1 N–H and O–H groups in total. The molecule has 5 nitrogen and oxygen atoms in total. The minimum absolute atomic E-state index is 0.0446. The highest BCUT2D eigenvalue weighted by molar-refractivity contribution is 7.15. The number of hydrogen-bond acceptors (Lipinski definition) is 5. The Morgan fingerprint density at radius 3 is 2.73 bits per heavy atom. The maximum Gasteiger partial charge on any atom is 0.228 e. The smallest absolute Gasteiger partial charge is 0.228 e. The van der Waals surface area contributed by atoms with E-state index in [-0.39, 0.29) is 17.8 Å². The second-order valence-electron chi connectivity index (χ2n) is 7.19. The van der Waals surface area contributed by atoms with Gasteiger partial charge in [0.05, 0.1) is 16.0 Å². The Labute approximate surface area is 156 Å². The summed E-state index contributed by atoms with van der Waals surface area (Å²) < 4.78 is 19.6. The van der Waals surface area contributed by atoms with Crippen LogP contribution in [-0.4, -0.2) is 34.8 Å². The monoisotopic (exact) mass is 375 g/mol. The van der Waals surface area contributed by atoms with E-state index in [0.29, 0.717) is 30.0 Å². The van der Waals surface area contributed by atoms with Crippen LogP contribution >= 0.6 is 11.3 Å². The number of hydrogen-bond donors (Lipinski definition) is 1. The second-order valence-corrected chi connectivity index (χ2v) is 8.22. The first-order valence-corrected chi connectivity index (χ1v) is 9.27. The number of amides is 1. The average Bonchev–Trinajstić information content (AvgIpc) is 3.02. The van der Waals surface area contributed by atoms with E-state index >= 15 is 0 Å². The molecule has 0 aliphatic carbocycles. The van der Waals surface area contributed by atoms with Crippen LogP contribution in [0.3, 0.4) is 0 Å². The summed E-state index contributed by atoms with van der Waals surface area (Å²) in [6.45, 7) is 5.73. The fourth-order valence-electron chi connectivity index (χ4n) is 3.04. The van der Waals surface area contributed by atoms with Crippen LogP contribution in [0, 0.1) is 11.2 Å². The van der Waals surface area contributed by atoms with Crippen molar-refractivity contribution in [2.24, 2.45) is 0 Å². The number of nitrogens with zero attached hydrogens (tertiary/aromatic N) is 2. The predicted octanol–water partition coefficient (Wildman–Crippen LogP) is 4.22. The Morgan fingerprint density at radius 1 is 1.35 bits per heavy atom. The largest absolute Gasteiger partial charge is 0.491 e. The van der Waals surface area contributed by atoms with Gasteiger partial charge >= 0.3 is 0 Å². The molecule has 1 aliphatic rings. The number of carbonyl (C=O) groups excluding carboxylic acids is 1. The zero-order valence-electron chi connectivity index (χ0n) is 15.3. The van der Waals surface area contributed by atoms with Crippen LogP contribution in [0.4, 0.5) is 4.39 Å². The maximum atomic E-state index is 14.0. The Morgan fingerprint density at radius 2 is 2.08 bits per heavy atom. The number of ether oxygens (including phenoxy) is 1. The summed E-state index contributed by atoms with van der Waals surface area (Å²) in [5.74, 6) is 0.320. The number of aromatic nitrogens is 1. The van der Waals surface area contributed by atoms with E-state index in [2.05, 4.69) is 4.98 Å². The van der Waals surface area contributed by atoms with Crippen molar-refractivity contribution in [2.45, 2.75) is 45.1 Å². The standard InChI is InChI=1S/C19H22FN3O2S/c1-11(2)25-14-6-12(5-13(20)7-14)15-10-22-18(26-15)19(3)8-16(21)23(4)17(24)9-19/h5-7,10-11,21H,8-9H2,1-4H3/t19-/m0/s1. The van der Waals surface area contributed by atoms with Gasteiger partial charge in [0.1, 0.15) is 17.4 Å². The molecule has 1 atom stereocenters. The Balaban J connectivity index is 1.92. The number of piperidine rings is 1. The summed E-state index contributed by atoms with van der Waals surface area (Å²) in [5.41, 5.74) is 0.191. The molecule has 2 aromatic rings. The van der Waals surface area contributed by atoms with Gasteiger partial charge in [0, 0.05) is 37.6 Å². The minimum Gasteiger partial charge on any atom is -0.491 e. The highest BCUT2D eigenvalue weighted by Gasteiger charge is 2.40. The van der Waals surface area contributed by atoms with Crippen molar-refractivity contribution >= 4 is 23.1 Å². The van der Waals surface area contributed by atoms with Gasteiger partial charge in [-0.1, -0.05) is 6.92 Å². The number of thiazole rings is 1. The van der Waals surface area contributed by atoms with Crippen molar-refractivity contribution in [3.8, 4) is 16.2 Å². The first-order valence-electron chi connectivity index (χ1n) is 8.46. The van der Waals surface area contributed by atoms with Crippen LogP contribution < -0.4 is 4.74 Å². The first kappa shape index (κ1) is 18.5. The molecule has 7 heteroatoms. The number of benzene rings is 1. The van der Waals surface area contributed by atoms with Crippen molar-refractivity contribution in [3.05, 3.63) is 35.2 Å². The van der Waals surface area contributed by atoms with Crippen LogP contribution in [0.5, 0.6) is 5.75 Å². The predicted molar refractivity (Wildman–Crippen MR) is 100 cm³/mol. The number of amidine groups is 1. The van der Waals surface area contributed by atoms with E-state index in [9.17, 15) is 9.18 Å². The first-order chi connectivity index (χ1) is 12.2. The van der Waals surface area contributed by atoms with E-state index < -0.39 is 5.41 Å². The van der Waals surface area contributed by atoms with E-state index in [1.807, 2.05) is 20.8 Å². The Bertz CT molecular complexity index is 844. The molecule has 1 aromatic carbocycles. The maximum absolute atomic E-state index is 14.0. The van der Waals surface area contributed by atoms with Crippen molar-refractivity contribution in [1.29, 1.82) is 5.41 Å². The Hall–Kier alpha value is -2.28. The zero-order valence-corrected chi connectivity index (χ0v) is 16.1. The third-order valence-corrected chi connectivity index (χ3v) is 5.78. The van der Waals surface area contributed by atoms with E-state index in [0.717, 1.165) is 9.88 Å². The molecule has 2 heterocycles. The molecule has 1 aromatic heterocycles. The molecule has 1 fully saturated rings. The fourth-order valence-corrected chi connectivity index (χ4v) is 4.08. The van der Waals surface area contributed by atoms with E-state index in [1.165, 1.54) is 28.4 Å². The third-order valence-electron chi connectivity index (χ3n) is 4.43. The molecular weight excluding hydrogens is 353 g/mol. The zero-order chi connectivity index (χ0) is 19.1. The van der Waals surface area contributed by atoms with Crippen LogP contribution in [0.1, 0.15) is 38.6 Å². The van der Waals surface area contributed by atoms with Crippen molar-refractivity contribution < 1.29 is 13.9 Å². The van der Waals surface area contributed by atoms with Gasteiger partial charge in [-0.15, -0.1) is 11.3 Å². The molecule has 0 bridgehead atoms. The molecule has 1 aliphatic heterocycles. The summed E-state index contributed by atoms with van der Waals surface area (Å²) in [4.78, 5) is 18.8. The Kier molecular flexibility index (Phi) is 4.84. The summed E-state index contributed by atoms with van der Waals surface area (Å²) >= 11 is 1.43. The molecule has 0 spiro atoms. The lowest BCUT2D eigenvalue weighted by Crippen LogP contribution is -2.46. The summed E-state index contributed by atoms with van der Waals surface area (Å²) in [6.07, 6.45) is 2.42. The van der Waals surface area contributed by atoms with Crippen LogP contribution in [0.25, 0.3) is 10.4 Å². The van der Waals surface area contributed by atoms with Crippen LogP contribution in [0.2, 0.25) is 0 Å². The third kappa shape index (κ3) is 3.62. The fraction of sp³-hybridized carbons (Fsp3) is 0.421. The lowest BCUT2D eigenvalue weighted by molar-refractivity contribution is -0.128. The summed E-state index contributed by atoms with van der Waals surface area (Å²) in [6, 6.07) is 4.61. The molecule has 0 radical (unpaired) electrons. The van der Waals surface area contributed by atoms with Gasteiger partial charge in [-0.2, -0.15) is 0 Å². The van der Waals surface area contributed by atoms with Crippen molar-refractivity contribution in [3.63, 3.8) is 0 Å². The molecule has 26 heavy (non-hydrogen) atoms. The number of likely N-dealkylation sites (tertiary alicyclic amines) is 1.